The molecule has 0 heterocycles. The van der Waals surface area contributed by atoms with E-state index < -0.39 is 0 Å². The lowest BCUT2D eigenvalue weighted by molar-refractivity contribution is -0.116. The van der Waals surface area contributed by atoms with E-state index in [1.165, 1.54) is 0 Å². The summed E-state index contributed by atoms with van der Waals surface area (Å²) in [5.41, 5.74) is 1.62. The lowest BCUT2D eigenvalue weighted by Crippen LogP contribution is -2.42. The summed E-state index contributed by atoms with van der Waals surface area (Å²) in [6, 6.07) is 5.88. The summed E-state index contributed by atoms with van der Waals surface area (Å²) >= 11 is 6.06. The molecule has 6 heteroatoms. The molecule has 0 atom stereocenters. The minimum atomic E-state index is -0.0671. The summed E-state index contributed by atoms with van der Waals surface area (Å²) in [5.74, 6) is 0.695. The normalized spacial score (nSPS) is 14.7. The van der Waals surface area contributed by atoms with E-state index in [-0.39, 0.29) is 5.91 Å². The Morgan fingerprint density at radius 1 is 1.33 bits per heavy atom. The largest absolute Gasteiger partial charge is 0.357 e. The maximum atomic E-state index is 12.1. The number of amides is 1. The summed E-state index contributed by atoms with van der Waals surface area (Å²) in [6.07, 6.45) is 6.69. The van der Waals surface area contributed by atoms with Gasteiger partial charge in [0.25, 0.3) is 0 Å². The molecule has 0 aromatic heterocycles. The Morgan fingerprint density at radius 2 is 2.08 bits per heavy atom. The average Bonchev–Trinajstić information content (AvgIpc) is 3.05. The fourth-order valence-electron chi connectivity index (χ4n) is 2.47. The van der Waals surface area contributed by atoms with Gasteiger partial charge in [-0.3, -0.25) is 9.79 Å². The number of hydrogen-bond donors (Lipinski definition) is 3. The van der Waals surface area contributed by atoms with Gasteiger partial charge in [0.05, 0.1) is 6.54 Å². The topological polar surface area (TPSA) is 65.5 Å². The Morgan fingerprint density at radius 3 is 2.79 bits per heavy atom. The van der Waals surface area contributed by atoms with E-state index >= 15 is 0 Å². The number of rotatable bonds is 6. The van der Waals surface area contributed by atoms with Crippen molar-refractivity contribution in [1.29, 1.82) is 0 Å². The highest BCUT2D eigenvalue weighted by Crippen LogP contribution is 2.22. The van der Waals surface area contributed by atoms with E-state index in [1.54, 1.807) is 0 Å². The maximum absolute atomic E-state index is 12.1. The van der Waals surface area contributed by atoms with Crippen LogP contribution in [0.25, 0.3) is 0 Å². The van der Waals surface area contributed by atoms with Gasteiger partial charge in [0, 0.05) is 29.7 Å². The first-order chi connectivity index (χ1) is 11.6. The Balaban J connectivity index is 1.83. The SMILES string of the molecule is CCNC(=NCCC(=O)Nc1cccc(Cl)c1C)NC1CC=CC1. The van der Waals surface area contributed by atoms with Crippen molar-refractivity contribution in [2.75, 3.05) is 18.4 Å². The zero-order valence-corrected chi connectivity index (χ0v) is 15.0. The van der Waals surface area contributed by atoms with Gasteiger partial charge in [0.15, 0.2) is 5.96 Å². The molecule has 0 saturated carbocycles. The van der Waals surface area contributed by atoms with E-state index in [2.05, 4.69) is 33.1 Å². The third-order valence-corrected chi connectivity index (χ3v) is 4.25. The Bertz CT molecular complexity index is 619. The molecule has 0 aliphatic heterocycles. The highest BCUT2D eigenvalue weighted by Gasteiger charge is 2.12. The van der Waals surface area contributed by atoms with E-state index in [4.69, 9.17) is 11.6 Å². The number of guanidine groups is 1. The predicted octanol–water partition coefficient (Wildman–Crippen LogP) is 3.25. The third kappa shape index (κ3) is 5.57. The molecule has 3 N–H and O–H groups in total. The number of aliphatic imine (C=N–C) groups is 1. The van der Waals surface area contributed by atoms with Crippen molar-refractivity contribution in [3.8, 4) is 0 Å². The van der Waals surface area contributed by atoms with Crippen LogP contribution in [0.4, 0.5) is 5.69 Å². The molecule has 0 radical (unpaired) electrons. The fourth-order valence-corrected chi connectivity index (χ4v) is 2.65. The second-order valence-electron chi connectivity index (χ2n) is 5.76. The molecule has 0 spiro atoms. The van der Waals surface area contributed by atoms with Crippen molar-refractivity contribution >= 4 is 29.2 Å². The minimum Gasteiger partial charge on any atom is -0.357 e. The second-order valence-corrected chi connectivity index (χ2v) is 6.16. The van der Waals surface area contributed by atoms with E-state index in [9.17, 15) is 4.79 Å². The van der Waals surface area contributed by atoms with Crippen molar-refractivity contribution in [2.45, 2.75) is 39.2 Å². The van der Waals surface area contributed by atoms with Crippen molar-refractivity contribution in [3.05, 3.63) is 40.9 Å². The summed E-state index contributed by atoms with van der Waals surface area (Å²) in [4.78, 5) is 16.6. The highest BCUT2D eigenvalue weighted by molar-refractivity contribution is 6.31. The van der Waals surface area contributed by atoms with Crippen LogP contribution in [0.5, 0.6) is 0 Å². The first-order valence-corrected chi connectivity index (χ1v) is 8.72. The molecular weight excluding hydrogens is 324 g/mol. The standard InChI is InChI=1S/C18H25ClN4O/c1-3-20-18(22-14-7-4-5-8-14)21-12-11-17(24)23-16-10-6-9-15(19)13(16)2/h4-6,9-10,14H,3,7-8,11-12H2,1-2H3,(H,23,24)(H2,20,21,22). The quantitative estimate of drug-likeness (QED) is 0.420. The van der Waals surface area contributed by atoms with Gasteiger partial charge in [-0.15, -0.1) is 0 Å². The van der Waals surface area contributed by atoms with Gasteiger partial charge >= 0.3 is 0 Å². The van der Waals surface area contributed by atoms with E-state index in [1.807, 2.05) is 32.0 Å². The molecule has 0 saturated heterocycles. The number of benzene rings is 1. The van der Waals surface area contributed by atoms with Crippen LogP contribution in [0.3, 0.4) is 0 Å². The van der Waals surface area contributed by atoms with Gasteiger partial charge in [0.1, 0.15) is 0 Å². The molecule has 0 unspecified atom stereocenters. The van der Waals surface area contributed by atoms with Crippen molar-refractivity contribution < 1.29 is 4.79 Å². The highest BCUT2D eigenvalue weighted by atomic mass is 35.5. The molecule has 1 aromatic carbocycles. The van der Waals surface area contributed by atoms with Crippen LogP contribution in [-0.4, -0.2) is 31.0 Å². The van der Waals surface area contributed by atoms with Crippen LogP contribution in [0.1, 0.15) is 31.7 Å². The summed E-state index contributed by atoms with van der Waals surface area (Å²) in [5, 5.41) is 10.1. The molecule has 1 aliphatic rings. The Labute approximate surface area is 148 Å². The summed E-state index contributed by atoms with van der Waals surface area (Å²) in [6.45, 7) is 5.14. The molecule has 1 amide bonds. The fraction of sp³-hybridized carbons (Fsp3) is 0.444. The van der Waals surface area contributed by atoms with Gasteiger partial charge < -0.3 is 16.0 Å². The van der Waals surface area contributed by atoms with Gasteiger partial charge in [0.2, 0.25) is 5.91 Å². The first-order valence-electron chi connectivity index (χ1n) is 8.35. The Kier molecular flexibility index (Phi) is 7.12. The molecule has 130 valence electrons. The zero-order valence-electron chi connectivity index (χ0n) is 14.2. The lowest BCUT2D eigenvalue weighted by atomic mass is 10.2. The smallest absolute Gasteiger partial charge is 0.226 e. The van der Waals surface area contributed by atoms with Crippen LogP contribution in [0, 0.1) is 6.92 Å². The maximum Gasteiger partial charge on any atom is 0.226 e. The van der Waals surface area contributed by atoms with Crippen LogP contribution < -0.4 is 16.0 Å². The van der Waals surface area contributed by atoms with E-state index in [0.717, 1.165) is 36.6 Å². The minimum absolute atomic E-state index is 0.0671. The van der Waals surface area contributed by atoms with Gasteiger partial charge in [-0.1, -0.05) is 29.8 Å². The second kappa shape index (κ2) is 9.33. The number of hydrogen-bond acceptors (Lipinski definition) is 2. The Hall–Kier alpha value is -2.01. The molecule has 0 bridgehead atoms. The number of carbonyl (C=O) groups is 1. The van der Waals surface area contributed by atoms with Crippen molar-refractivity contribution in [1.82, 2.24) is 10.6 Å². The molecule has 1 aliphatic carbocycles. The van der Waals surface area contributed by atoms with Gasteiger partial charge in [-0.2, -0.15) is 0 Å². The van der Waals surface area contributed by atoms with Gasteiger partial charge in [-0.25, -0.2) is 0 Å². The first kappa shape index (κ1) is 18.3. The van der Waals surface area contributed by atoms with Crippen LogP contribution in [0.15, 0.2) is 35.3 Å². The van der Waals surface area contributed by atoms with Gasteiger partial charge in [-0.05, 0) is 44.4 Å². The van der Waals surface area contributed by atoms with Crippen LogP contribution in [-0.2, 0) is 4.79 Å². The number of anilines is 1. The monoisotopic (exact) mass is 348 g/mol. The summed E-state index contributed by atoms with van der Waals surface area (Å²) in [7, 11) is 0. The number of carbonyl (C=O) groups excluding carboxylic acids is 1. The predicted molar refractivity (Wildman–Crippen MR) is 101 cm³/mol. The van der Waals surface area contributed by atoms with Crippen molar-refractivity contribution in [2.24, 2.45) is 4.99 Å². The van der Waals surface area contributed by atoms with Crippen LogP contribution >= 0.6 is 11.6 Å². The molecule has 0 fully saturated rings. The number of nitrogens with one attached hydrogen (secondary N) is 3. The molecular formula is C18H25ClN4O. The number of halogens is 1. The van der Waals surface area contributed by atoms with E-state index in [0.29, 0.717) is 24.0 Å². The van der Waals surface area contributed by atoms with Crippen molar-refractivity contribution in [3.63, 3.8) is 0 Å². The zero-order chi connectivity index (χ0) is 17.4. The average molecular weight is 349 g/mol. The lowest BCUT2D eigenvalue weighted by Gasteiger charge is -2.16. The molecule has 2 rings (SSSR count). The van der Waals surface area contributed by atoms with Crippen LogP contribution in [0.2, 0.25) is 5.02 Å². The third-order valence-electron chi connectivity index (χ3n) is 3.84. The summed E-state index contributed by atoms with van der Waals surface area (Å²) < 4.78 is 0. The number of nitrogens with zero attached hydrogens (tertiary/aromatic N) is 1. The molecule has 1 aromatic rings. The molecule has 5 nitrogen and oxygen atoms in total. The molecule has 24 heavy (non-hydrogen) atoms.